The van der Waals surface area contributed by atoms with Crippen LogP contribution in [0.5, 0.6) is 0 Å². The van der Waals surface area contributed by atoms with E-state index in [2.05, 4.69) is 5.32 Å². The average Bonchev–Trinajstić information content (AvgIpc) is 2.93. The van der Waals surface area contributed by atoms with Gasteiger partial charge in [-0.05, 0) is 58.7 Å². The van der Waals surface area contributed by atoms with Crippen LogP contribution in [0.15, 0.2) is 103 Å². The first-order chi connectivity index (χ1) is 18.4. The van der Waals surface area contributed by atoms with E-state index in [0.717, 1.165) is 22.3 Å². The van der Waals surface area contributed by atoms with Crippen LogP contribution in [0, 0.1) is 5.82 Å². The third-order valence-corrected chi connectivity index (χ3v) is 6.69. The van der Waals surface area contributed by atoms with Crippen LogP contribution in [-0.4, -0.2) is 22.8 Å². The van der Waals surface area contributed by atoms with Crippen LogP contribution in [0.4, 0.5) is 4.39 Å². The predicted molar refractivity (Wildman–Crippen MR) is 149 cm³/mol. The maximum Gasteiger partial charge on any atom is 0.243 e. The summed E-state index contributed by atoms with van der Waals surface area (Å²) < 4.78 is 13.6. The maximum atomic E-state index is 13.7. The van der Waals surface area contributed by atoms with Crippen molar-refractivity contribution in [2.24, 2.45) is 0 Å². The van der Waals surface area contributed by atoms with E-state index in [9.17, 15) is 14.0 Å². The Labute approximate surface area is 232 Å². The Bertz CT molecular complexity index is 1350. The Balaban J connectivity index is 1.63. The fraction of sp³-hybridized carbons (Fsp3) is 0.161. The van der Waals surface area contributed by atoms with Crippen LogP contribution >= 0.6 is 23.2 Å². The van der Waals surface area contributed by atoms with E-state index in [4.69, 9.17) is 23.2 Å². The van der Waals surface area contributed by atoms with E-state index < -0.39 is 6.04 Å². The standard InChI is InChI=1S/C31H27Cl2FN2O2/c32-26-12-6-23(7-13-26)19-30(37)36(21-25-10-16-28(34)17-11-25)29(18-22-4-2-1-3-5-22)31(38)35-20-24-8-14-27(33)15-9-24/h1-17,29H,18-21H2,(H,35,38)/t29-/m0/s1. The molecule has 0 aliphatic carbocycles. The highest BCUT2D eigenvalue weighted by atomic mass is 35.5. The Morgan fingerprint density at radius 2 is 1.26 bits per heavy atom. The first-order valence-electron chi connectivity index (χ1n) is 12.2. The van der Waals surface area contributed by atoms with Crippen LogP contribution in [0.1, 0.15) is 22.3 Å². The van der Waals surface area contributed by atoms with Gasteiger partial charge < -0.3 is 10.2 Å². The number of nitrogens with zero attached hydrogens (tertiary/aromatic N) is 1. The van der Waals surface area contributed by atoms with Crippen LogP contribution in [0.3, 0.4) is 0 Å². The minimum atomic E-state index is -0.797. The zero-order chi connectivity index (χ0) is 26.9. The highest BCUT2D eigenvalue weighted by Crippen LogP contribution is 2.18. The van der Waals surface area contributed by atoms with Crippen molar-refractivity contribution >= 4 is 35.0 Å². The lowest BCUT2D eigenvalue weighted by Gasteiger charge is -2.32. The highest BCUT2D eigenvalue weighted by Gasteiger charge is 2.30. The van der Waals surface area contributed by atoms with Crippen molar-refractivity contribution in [3.63, 3.8) is 0 Å². The summed E-state index contributed by atoms with van der Waals surface area (Å²) >= 11 is 12.0. The smallest absolute Gasteiger partial charge is 0.243 e. The molecule has 4 aromatic rings. The molecule has 0 aliphatic heterocycles. The van der Waals surface area contributed by atoms with E-state index >= 15 is 0 Å². The molecule has 4 rings (SSSR count). The Morgan fingerprint density at radius 1 is 0.711 bits per heavy atom. The van der Waals surface area contributed by atoms with Crippen molar-refractivity contribution in [3.8, 4) is 0 Å². The van der Waals surface area contributed by atoms with Crippen LogP contribution in [0.25, 0.3) is 0 Å². The number of carbonyl (C=O) groups is 2. The number of nitrogens with one attached hydrogen (secondary N) is 1. The molecule has 4 nitrogen and oxygen atoms in total. The van der Waals surface area contributed by atoms with Gasteiger partial charge in [-0.25, -0.2) is 4.39 Å². The van der Waals surface area contributed by atoms with Gasteiger partial charge in [-0.15, -0.1) is 0 Å². The van der Waals surface area contributed by atoms with Gasteiger partial charge >= 0.3 is 0 Å². The highest BCUT2D eigenvalue weighted by molar-refractivity contribution is 6.30. The predicted octanol–water partition coefficient (Wildman–Crippen LogP) is 6.63. The van der Waals surface area contributed by atoms with Crippen LogP contribution in [0.2, 0.25) is 10.0 Å². The van der Waals surface area contributed by atoms with Gasteiger partial charge in [-0.2, -0.15) is 0 Å². The summed E-state index contributed by atoms with van der Waals surface area (Å²) in [6, 6.07) is 29.0. The molecule has 0 spiro atoms. The van der Waals surface area contributed by atoms with Crippen LogP contribution in [-0.2, 0) is 35.5 Å². The van der Waals surface area contributed by atoms with Crippen molar-refractivity contribution < 1.29 is 14.0 Å². The SMILES string of the molecule is O=C(NCc1ccc(Cl)cc1)[C@H](Cc1ccccc1)N(Cc1ccc(F)cc1)C(=O)Cc1ccc(Cl)cc1. The van der Waals surface area contributed by atoms with Crippen molar-refractivity contribution in [1.29, 1.82) is 0 Å². The molecule has 2 amide bonds. The Kier molecular flexibility index (Phi) is 9.52. The monoisotopic (exact) mass is 548 g/mol. The summed E-state index contributed by atoms with van der Waals surface area (Å²) in [5, 5.41) is 4.18. The summed E-state index contributed by atoms with van der Waals surface area (Å²) in [5.41, 5.74) is 3.31. The molecule has 0 aromatic heterocycles. The van der Waals surface area contributed by atoms with Crippen molar-refractivity contribution in [2.75, 3.05) is 0 Å². The molecule has 194 valence electrons. The normalized spacial score (nSPS) is 11.6. The molecule has 7 heteroatoms. The molecule has 0 saturated carbocycles. The second-order valence-corrected chi connectivity index (χ2v) is 9.87. The number of hydrogen-bond acceptors (Lipinski definition) is 2. The lowest BCUT2D eigenvalue weighted by Crippen LogP contribution is -2.50. The number of halogens is 3. The van der Waals surface area contributed by atoms with E-state index in [1.807, 2.05) is 42.5 Å². The number of carbonyl (C=O) groups excluding carboxylic acids is 2. The molecule has 0 heterocycles. The number of hydrogen-bond donors (Lipinski definition) is 1. The molecule has 0 aliphatic rings. The van der Waals surface area contributed by atoms with E-state index in [0.29, 0.717) is 16.5 Å². The second-order valence-electron chi connectivity index (χ2n) is 9.00. The lowest BCUT2D eigenvalue weighted by molar-refractivity contribution is -0.140. The molecule has 0 saturated heterocycles. The van der Waals surface area contributed by atoms with Gasteiger partial charge in [0.15, 0.2) is 0 Å². The second kappa shape index (κ2) is 13.2. The third-order valence-electron chi connectivity index (χ3n) is 6.19. The Hall–Kier alpha value is -3.67. The summed E-state index contributed by atoms with van der Waals surface area (Å²) in [4.78, 5) is 29.0. The maximum absolute atomic E-state index is 13.7. The van der Waals surface area contributed by atoms with Crippen molar-refractivity contribution in [3.05, 3.63) is 141 Å². The molecule has 1 N–H and O–H groups in total. The summed E-state index contributed by atoms with van der Waals surface area (Å²) in [7, 11) is 0. The van der Waals surface area contributed by atoms with E-state index in [1.54, 1.807) is 53.4 Å². The van der Waals surface area contributed by atoms with Crippen LogP contribution < -0.4 is 5.32 Å². The number of rotatable bonds is 10. The van der Waals surface area contributed by atoms with Gasteiger partial charge in [0.25, 0.3) is 0 Å². The molecule has 0 unspecified atom stereocenters. The van der Waals surface area contributed by atoms with Gasteiger partial charge in [-0.3, -0.25) is 9.59 Å². The number of benzene rings is 4. The minimum absolute atomic E-state index is 0.0914. The first kappa shape index (κ1) is 27.4. The third kappa shape index (κ3) is 7.91. The molecular weight excluding hydrogens is 522 g/mol. The van der Waals surface area contributed by atoms with Crippen molar-refractivity contribution in [1.82, 2.24) is 10.2 Å². The first-order valence-corrected chi connectivity index (χ1v) is 13.0. The summed E-state index contributed by atoms with van der Waals surface area (Å²) in [6.07, 6.45) is 0.412. The largest absolute Gasteiger partial charge is 0.350 e. The zero-order valence-corrected chi connectivity index (χ0v) is 22.1. The fourth-order valence-corrected chi connectivity index (χ4v) is 4.38. The average molecular weight is 549 g/mol. The quantitative estimate of drug-likeness (QED) is 0.241. The van der Waals surface area contributed by atoms with Crippen molar-refractivity contribution in [2.45, 2.75) is 32.0 Å². The van der Waals surface area contributed by atoms with Gasteiger partial charge in [0.05, 0.1) is 6.42 Å². The van der Waals surface area contributed by atoms with Gasteiger partial charge in [-0.1, -0.05) is 89.9 Å². The van der Waals surface area contributed by atoms with Gasteiger partial charge in [0.2, 0.25) is 11.8 Å². The minimum Gasteiger partial charge on any atom is -0.350 e. The Morgan fingerprint density at radius 3 is 1.87 bits per heavy atom. The lowest BCUT2D eigenvalue weighted by atomic mass is 10.0. The van der Waals surface area contributed by atoms with Gasteiger partial charge in [0, 0.05) is 29.6 Å². The van der Waals surface area contributed by atoms with Gasteiger partial charge in [0.1, 0.15) is 11.9 Å². The molecule has 1 atom stereocenters. The summed E-state index contributed by atoms with van der Waals surface area (Å²) in [6.45, 7) is 0.440. The molecule has 0 bridgehead atoms. The molecular formula is C31H27Cl2FN2O2. The van der Waals surface area contributed by atoms with E-state index in [1.165, 1.54) is 12.1 Å². The molecule has 38 heavy (non-hydrogen) atoms. The molecule has 0 fully saturated rings. The van der Waals surface area contributed by atoms with E-state index in [-0.39, 0.29) is 37.1 Å². The molecule has 0 radical (unpaired) electrons. The number of amides is 2. The summed E-state index contributed by atoms with van der Waals surface area (Å²) in [5.74, 6) is -0.871. The fourth-order valence-electron chi connectivity index (χ4n) is 4.13. The zero-order valence-electron chi connectivity index (χ0n) is 20.6. The topological polar surface area (TPSA) is 49.4 Å². The molecule has 4 aromatic carbocycles.